The molecule has 0 bridgehead atoms. The summed E-state index contributed by atoms with van der Waals surface area (Å²) < 4.78 is 0. The maximum atomic E-state index is 11.5. The lowest BCUT2D eigenvalue weighted by Gasteiger charge is -2.07. The number of hydrogen-bond donors (Lipinski definition) is 2. The number of amides is 1. The predicted molar refractivity (Wildman–Crippen MR) is 53.8 cm³/mol. The molecule has 2 N–H and O–H groups in total. The zero-order valence-electron chi connectivity index (χ0n) is 8.12. The fourth-order valence-electron chi connectivity index (χ4n) is 1.99. The Hall–Kier alpha value is -1.32. The Kier molecular flexibility index (Phi) is 2.81. The first-order valence-corrected chi connectivity index (χ1v) is 5.14. The lowest BCUT2D eigenvalue weighted by molar-refractivity contribution is -0.117. The molecule has 1 aromatic rings. The number of carbonyl (C=O) groups is 1. The number of nitrogens with one attached hydrogen (secondary N) is 2. The van der Waals surface area contributed by atoms with Crippen molar-refractivity contribution in [2.24, 2.45) is 5.92 Å². The van der Waals surface area contributed by atoms with E-state index in [-0.39, 0.29) is 5.91 Å². The Morgan fingerprint density at radius 3 is 3.00 bits per heavy atom. The molecular formula is C10H15N3O. The van der Waals surface area contributed by atoms with Gasteiger partial charge in [0.15, 0.2) is 0 Å². The summed E-state index contributed by atoms with van der Waals surface area (Å²) in [5, 5.41) is 2.74. The number of hydrogen-bond acceptors (Lipinski definition) is 2. The number of H-pyrrole nitrogens is 1. The third-order valence-corrected chi connectivity index (χ3v) is 2.70. The molecule has 1 aliphatic carbocycles. The predicted octanol–water partition coefficient (Wildman–Crippen LogP) is 1.93. The highest BCUT2D eigenvalue weighted by Gasteiger charge is 2.18. The van der Waals surface area contributed by atoms with E-state index in [4.69, 9.17) is 0 Å². The molecule has 2 rings (SSSR count). The smallest absolute Gasteiger partial charge is 0.226 e. The van der Waals surface area contributed by atoms with Crippen LogP contribution in [-0.4, -0.2) is 15.9 Å². The Balaban J connectivity index is 1.78. The normalized spacial score (nSPS) is 17.1. The molecule has 0 saturated heterocycles. The Labute approximate surface area is 83.1 Å². The molecule has 1 saturated carbocycles. The first-order valence-electron chi connectivity index (χ1n) is 5.14. The maximum absolute atomic E-state index is 11.5. The van der Waals surface area contributed by atoms with Gasteiger partial charge in [0.1, 0.15) is 0 Å². The van der Waals surface area contributed by atoms with E-state index in [9.17, 15) is 4.79 Å². The van der Waals surface area contributed by atoms with Gasteiger partial charge in [0, 0.05) is 18.8 Å². The van der Waals surface area contributed by atoms with Gasteiger partial charge in [0.25, 0.3) is 0 Å². The van der Waals surface area contributed by atoms with E-state index in [0.717, 1.165) is 0 Å². The molecule has 1 heterocycles. The molecule has 1 fully saturated rings. The van der Waals surface area contributed by atoms with Crippen LogP contribution in [0.2, 0.25) is 0 Å². The third-order valence-electron chi connectivity index (χ3n) is 2.70. The standard InChI is InChI=1S/C10H15N3O/c14-9(7-8-3-1-2-4-8)13-10-11-5-6-12-10/h5-6,8H,1-4,7H2,(H2,11,12,13,14). The minimum absolute atomic E-state index is 0.0758. The zero-order chi connectivity index (χ0) is 9.80. The van der Waals surface area contributed by atoms with Gasteiger partial charge in [-0.3, -0.25) is 10.1 Å². The van der Waals surface area contributed by atoms with Crippen LogP contribution in [-0.2, 0) is 4.79 Å². The number of imidazole rings is 1. The van der Waals surface area contributed by atoms with Gasteiger partial charge < -0.3 is 4.98 Å². The van der Waals surface area contributed by atoms with Gasteiger partial charge in [0.2, 0.25) is 11.9 Å². The second-order valence-corrected chi connectivity index (χ2v) is 3.84. The highest BCUT2D eigenvalue weighted by atomic mass is 16.1. The van der Waals surface area contributed by atoms with Gasteiger partial charge in [-0.2, -0.15) is 0 Å². The molecule has 1 amide bonds. The van der Waals surface area contributed by atoms with Crippen molar-refractivity contribution >= 4 is 11.9 Å². The number of anilines is 1. The topological polar surface area (TPSA) is 57.8 Å². The quantitative estimate of drug-likeness (QED) is 0.770. The fourth-order valence-corrected chi connectivity index (χ4v) is 1.99. The van der Waals surface area contributed by atoms with E-state index in [1.807, 2.05) is 0 Å². The maximum Gasteiger partial charge on any atom is 0.226 e. The second kappa shape index (κ2) is 4.26. The largest absolute Gasteiger partial charge is 0.331 e. The lowest BCUT2D eigenvalue weighted by atomic mass is 10.0. The molecule has 1 aliphatic rings. The van der Waals surface area contributed by atoms with E-state index in [1.165, 1.54) is 25.7 Å². The van der Waals surface area contributed by atoms with Crippen molar-refractivity contribution in [2.45, 2.75) is 32.1 Å². The molecule has 0 radical (unpaired) electrons. The van der Waals surface area contributed by atoms with Gasteiger partial charge in [-0.1, -0.05) is 12.8 Å². The van der Waals surface area contributed by atoms with Gasteiger partial charge in [-0.05, 0) is 18.8 Å². The Morgan fingerprint density at radius 2 is 2.36 bits per heavy atom. The van der Waals surface area contributed by atoms with E-state index < -0.39 is 0 Å². The van der Waals surface area contributed by atoms with E-state index >= 15 is 0 Å². The van der Waals surface area contributed by atoms with Crippen LogP contribution in [0.3, 0.4) is 0 Å². The summed E-state index contributed by atoms with van der Waals surface area (Å²) in [7, 11) is 0. The Bertz CT molecular complexity index is 288. The summed E-state index contributed by atoms with van der Waals surface area (Å²) >= 11 is 0. The van der Waals surface area contributed by atoms with E-state index in [1.54, 1.807) is 12.4 Å². The summed E-state index contributed by atoms with van der Waals surface area (Å²) in [5.74, 6) is 1.21. The number of carbonyl (C=O) groups excluding carboxylic acids is 1. The van der Waals surface area contributed by atoms with Crippen LogP contribution < -0.4 is 5.32 Å². The van der Waals surface area contributed by atoms with Crippen LogP contribution >= 0.6 is 0 Å². The summed E-state index contributed by atoms with van der Waals surface area (Å²) in [6.45, 7) is 0. The van der Waals surface area contributed by atoms with Crippen molar-refractivity contribution in [3.8, 4) is 0 Å². The number of nitrogens with zero attached hydrogens (tertiary/aromatic N) is 1. The van der Waals surface area contributed by atoms with Crippen LogP contribution in [0, 0.1) is 5.92 Å². The summed E-state index contributed by atoms with van der Waals surface area (Å²) in [6, 6.07) is 0. The van der Waals surface area contributed by atoms with Crippen LogP contribution in [0.1, 0.15) is 32.1 Å². The van der Waals surface area contributed by atoms with Crippen LogP contribution in [0.25, 0.3) is 0 Å². The molecule has 0 unspecified atom stereocenters. The van der Waals surface area contributed by atoms with Crippen LogP contribution in [0.5, 0.6) is 0 Å². The molecule has 4 heteroatoms. The monoisotopic (exact) mass is 193 g/mol. The minimum atomic E-state index is 0.0758. The summed E-state index contributed by atoms with van der Waals surface area (Å²) in [5.41, 5.74) is 0. The van der Waals surface area contributed by atoms with Crippen molar-refractivity contribution in [1.82, 2.24) is 9.97 Å². The average molecular weight is 193 g/mol. The van der Waals surface area contributed by atoms with Gasteiger partial charge >= 0.3 is 0 Å². The van der Waals surface area contributed by atoms with Crippen LogP contribution in [0.15, 0.2) is 12.4 Å². The summed E-state index contributed by atoms with van der Waals surface area (Å²) in [6.07, 6.45) is 8.92. The van der Waals surface area contributed by atoms with Gasteiger partial charge in [-0.25, -0.2) is 4.98 Å². The fraction of sp³-hybridized carbons (Fsp3) is 0.600. The molecule has 76 valence electrons. The minimum Gasteiger partial charge on any atom is -0.331 e. The number of aromatic amines is 1. The Morgan fingerprint density at radius 1 is 1.57 bits per heavy atom. The van der Waals surface area contributed by atoms with Crippen molar-refractivity contribution in [1.29, 1.82) is 0 Å². The summed E-state index contributed by atoms with van der Waals surface area (Å²) in [4.78, 5) is 18.3. The van der Waals surface area contributed by atoms with E-state index in [2.05, 4.69) is 15.3 Å². The molecule has 14 heavy (non-hydrogen) atoms. The average Bonchev–Trinajstić information content (AvgIpc) is 2.76. The van der Waals surface area contributed by atoms with Gasteiger partial charge in [0.05, 0.1) is 0 Å². The molecular weight excluding hydrogens is 178 g/mol. The molecule has 0 spiro atoms. The molecule has 1 aromatic heterocycles. The second-order valence-electron chi connectivity index (χ2n) is 3.84. The highest BCUT2D eigenvalue weighted by Crippen LogP contribution is 2.27. The molecule has 0 aromatic carbocycles. The molecule has 0 atom stereocenters. The van der Waals surface area contributed by atoms with Crippen molar-refractivity contribution in [3.05, 3.63) is 12.4 Å². The van der Waals surface area contributed by atoms with Crippen molar-refractivity contribution < 1.29 is 4.79 Å². The van der Waals surface area contributed by atoms with Crippen LogP contribution in [0.4, 0.5) is 5.95 Å². The van der Waals surface area contributed by atoms with Gasteiger partial charge in [-0.15, -0.1) is 0 Å². The third kappa shape index (κ3) is 2.34. The highest BCUT2D eigenvalue weighted by molar-refractivity contribution is 5.89. The zero-order valence-corrected chi connectivity index (χ0v) is 8.12. The van der Waals surface area contributed by atoms with E-state index in [0.29, 0.717) is 18.3 Å². The molecule has 0 aliphatic heterocycles. The molecule has 4 nitrogen and oxygen atoms in total. The van der Waals surface area contributed by atoms with Crippen molar-refractivity contribution in [3.63, 3.8) is 0 Å². The first kappa shape index (κ1) is 9.24. The first-order chi connectivity index (χ1) is 6.84. The number of rotatable bonds is 3. The SMILES string of the molecule is O=C(CC1CCCC1)Nc1ncc[nH]1. The lowest BCUT2D eigenvalue weighted by Crippen LogP contribution is -2.15. The van der Waals surface area contributed by atoms with Crippen molar-refractivity contribution in [2.75, 3.05) is 5.32 Å². The number of aromatic nitrogens is 2.